The SMILES string of the molecule is COc1ccc(C2=CC(=O)C(/C(O)=C/C(=S)S)C(c3cccs3)C2)cc1. The Morgan fingerprint density at radius 3 is 2.65 bits per heavy atom. The number of rotatable bonds is 5. The van der Waals surface area contributed by atoms with E-state index in [9.17, 15) is 9.90 Å². The number of benzene rings is 1. The molecule has 2 aromatic rings. The Labute approximate surface area is 167 Å². The van der Waals surface area contributed by atoms with Gasteiger partial charge in [-0.3, -0.25) is 4.79 Å². The van der Waals surface area contributed by atoms with Gasteiger partial charge in [-0.15, -0.1) is 24.0 Å². The number of aliphatic hydroxyl groups is 1. The molecule has 1 heterocycles. The van der Waals surface area contributed by atoms with Gasteiger partial charge in [-0.1, -0.05) is 30.4 Å². The lowest BCUT2D eigenvalue weighted by molar-refractivity contribution is -0.118. The molecule has 6 heteroatoms. The average Bonchev–Trinajstić information content (AvgIpc) is 3.15. The molecular weight excluding hydrogens is 384 g/mol. The van der Waals surface area contributed by atoms with E-state index < -0.39 is 5.92 Å². The van der Waals surface area contributed by atoms with Crippen molar-refractivity contribution in [1.82, 2.24) is 0 Å². The molecule has 1 aliphatic carbocycles. The van der Waals surface area contributed by atoms with Crippen LogP contribution in [0.3, 0.4) is 0 Å². The lowest BCUT2D eigenvalue weighted by Gasteiger charge is -2.29. The third-order valence-corrected chi connectivity index (χ3v) is 5.68. The van der Waals surface area contributed by atoms with Crippen molar-refractivity contribution in [2.24, 2.45) is 5.92 Å². The van der Waals surface area contributed by atoms with Crippen molar-refractivity contribution in [3.63, 3.8) is 0 Å². The smallest absolute Gasteiger partial charge is 0.167 e. The molecule has 3 nitrogen and oxygen atoms in total. The first-order chi connectivity index (χ1) is 12.5. The van der Waals surface area contributed by atoms with Crippen LogP contribution in [0.1, 0.15) is 22.8 Å². The number of ether oxygens (including phenoxy) is 1. The van der Waals surface area contributed by atoms with Gasteiger partial charge in [0, 0.05) is 16.9 Å². The standard InChI is InChI=1S/C20H18O3S3/c1-23-14-6-4-12(5-7-14)13-9-15(18-3-2-8-26-18)20(16(21)10-13)17(22)11-19(24)25/h2-8,10-11,15,20,22H,9H2,1H3,(H,24,25)/b17-11-. The van der Waals surface area contributed by atoms with Crippen molar-refractivity contribution in [2.45, 2.75) is 12.3 Å². The first-order valence-corrected chi connectivity index (χ1v) is 9.79. The highest BCUT2D eigenvalue weighted by molar-refractivity contribution is 8.11. The largest absolute Gasteiger partial charge is 0.511 e. The van der Waals surface area contributed by atoms with Crippen molar-refractivity contribution < 1.29 is 14.6 Å². The summed E-state index contributed by atoms with van der Waals surface area (Å²) in [6, 6.07) is 11.6. The summed E-state index contributed by atoms with van der Waals surface area (Å²) < 4.78 is 5.45. The summed E-state index contributed by atoms with van der Waals surface area (Å²) in [4.78, 5) is 13.9. The number of hydrogen-bond acceptors (Lipinski definition) is 5. The predicted molar refractivity (Wildman–Crippen MR) is 113 cm³/mol. The minimum absolute atomic E-state index is 0.0292. The van der Waals surface area contributed by atoms with Crippen LogP contribution in [0, 0.1) is 5.92 Å². The second kappa shape index (κ2) is 8.20. The van der Waals surface area contributed by atoms with E-state index in [0.29, 0.717) is 6.42 Å². The van der Waals surface area contributed by atoms with Gasteiger partial charge >= 0.3 is 0 Å². The summed E-state index contributed by atoms with van der Waals surface area (Å²) >= 11 is 10.6. The topological polar surface area (TPSA) is 46.5 Å². The molecule has 1 aromatic heterocycles. The molecule has 2 atom stereocenters. The fraction of sp³-hybridized carbons (Fsp3) is 0.200. The number of hydrogen-bond donors (Lipinski definition) is 2. The molecule has 3 rings (SSSR count). The highest BCUT2D eigenvalue weighted by atomic mass is 32.1. The van der Waals surface area contributed by atoms with Crippen molar-refractivity contribution in [2.75, 3.05) is 7.11 Å². The molecule has 0 spiro atoms. The molecule has 0 radical (unpaired) electrons. The molecule has 1 aromatic carbocycles. The molecule has 134 valence electrons. The Hall–Kier alpha value is -1.89. The van der Waals surface area contributed by atoms with Crippen LogP contribution in [0.15, 0.2) is 59.7 Å². The number of ketones is 1. The summed E-state index contributed by atoms with van der Waals surface area (Å²) in [5, 5.41) is 12.5. The van der Waals surface area contributed by atoms with E-state index in [1.165, 1.54) is 6.08 Å². The maximum absolute atomic E-state index is 12.9. The normalized spacial score (nSPS) is 20.6. The highest BCUT2D eigenvalue weighted by Crippen LogP contribution is 2.43. The van der Waals surface area contributed by atoms with E-state index in [-0.39, 0.29) is 21.7 Å². The van der Waals surface area contributed by atoms with Crippen molar-refractivity contribution in [3.05, 3.63) is 70.1 Å². The van der Waals surface area contributed by atoms with E-state index in [1.54, 1.807) is 24.5 Å². The zero-order chi connectivity index (χ0) is 18.7. The van der Waals surface area contributed by atoms with Gasteiger partial charge < -0.3 is 9.84 Å². The van der Waals surface area contributed by atoms with Crippen LogP contribution in [0.4, 0.5) is 0 Å². The zero-order valence-corrected chi connectivity index (χ0v) is 16.6. The Bertz CT molecular complexity index is 864. The molecule has 1 N–H and O–H groups in total. The molecule has 1 aliphatic rings. The van der Waals surface area contributed by atoms with Gasteiger partial charge in [0.1, 0.15) is 11.5 Å². The quantitative estimate of drug-likeness (QED) is 0.312. The molecule has 0 saturated heterocycles. The molecule has 0 bridgehead atoms. The molecule has 2 unspecified atom stereocenters. The number of thiocarbonyl (C=S) groups is 1. The summed E-state index contributed by atoms with van der Waals surface area (Å²) in [6.45, 7) is 0. The minimum atomic E-state index is -0.638. The lowest BCUT2D eigenvalue weighted by atomic mass is 9.75. The second-order valence-corrected chi connectivity index (χ2v) is 8.22. The monoisotopic (exact) mass is 402 g/mol. The third kappa shape index (κ3) is 4.09. The van der Waals surface area contributed by atoms with Crippen LogP contribution in [-0.2, 0) is 4.79 Å². The maximum Gasteiger partial charge on any atom is 0.167 e. The van der Waals surface area contributed by atoms with Gasteiger partial charge in [0.15, 0.2) is 5.78 Å². The second-order valence-electron chi connectivity index (χ2n) is 6.01. The fourth-order valence-corrected chi connectivity index (χ4v) is 4.33. The molecular formula is C20H18O3S3. The lowest BCUT2D eigenvalue weighted by Crippen LogP contribution is -2.27. The Morgan fingerprint density at radius 2 is 2.08 bits per heavy atom. The fourth-order valence-electron chi connectivity index (χ4n) is 3.22. The Balaban J connectivity index is 2.00. The summed E-state index contributed by atoms with van der Waals surface area (Å²) in [5.41, 5.74) is 1.93. The van der Waals surface area contributed by atoms with Crippen LogP contribution in [0.25, 0.3) is 5.57 Å². The van der Waals surface area contributed by atoms with E-state index in [2.05, 4.69) is 12.6 Å². The number of thiophene rings is 1. The van der Waals surface area contributed by atoms with E-state index in [1.807, 2.05) is 41.8 Å². The van der Waals surface area contributed by atoms with Gasteiger partial charge in [0.2, 0.25) is 0 Å². The first-order valence-electron chi connectivity index (χ1n) is 8.05. The van der Waals surface area contributed by atoms with Crippen molar-refractivity contribution in [1.29, 1.82) is 0 Å². The van der Waals surface area contributed by atoms with Crippen LogP contribution in [-0.4, -0.2) is 22.2 Å². The number of carbonyl (C=O) groups excluding carboxylic acids is 1. The van der Waals surface area contributed by atoms with Crippen LogP contribution in [0.5, 0.6) is 5.75 Å². The predicted octanol–water partition coefficient (Wildman–Crippen LogP) is 5.21. The zero-order valence-electron chi connectivity index (χ0n) is 14.1. The number of allylic oxidation sites excluding steroid dienone is 3. The average molecular weight is 403 g/mol. The molecule has 0 aliphatic heterocycles. The van der Waals surface area contributed by atoms with Gasteiger partial charge in [-0.25, -0.2) is 0 Å². The van der Waals surface area contributed by atoms with Gasteiger partial charge in [-0.05, 0) is 47.2 Å². The Kier molecular flexibility index (Phi) is 5.96. The third-order valence-electron chi connectivity index (χ3n) is 4.42. The molecule has 26 heavy (non-hydrogen) atoms. The number of carbonyl (C=O) groups is 1. The maximum atomic E-state index is 12.9. The summed E-state index contributed by atoms with van der Waals surface area (Å²) in [7, 11) is 1.62. The highest BCUT2D eigenvalue weighted by Gasteiger charge is 2.37. The van der Waals surface area contributed by atoms with Crippen molar-refractivity contribution in [3.8, 4) is 5.75 Å². The summed E-state index contributed by atoms with van der Waals surface area (Å²) in [6.07, 6.45) is 3.66. The van der Waals surface area contributed by atoms with E-state index in [4.69, 9.17) is 17.0 Å². The van der Waals surface area contributed by atoms with Gasteiger partial charge in [-0.2, -0.15) is 0 Å². The minimum Gasteiger partial charge on any atom is -0.511 e. The van der Waals surface area contributed by atoms with Gasteiger partial charge in [0.05, 0.1) is 17.2 Å². The molecule has 0 amide bonds. The van der Waals surface area contributed by atoms with Crippen LogP contribution >= 0.6 is 36.2 Å². The number of aliphatic hydroxyl groups excluding tert-OH is 1. The van der Waals surface area contributed by atoms with Crippen molar-refractivity contribution >= 4 is 51.7 Å². The van der Waals surface area contributed by atoms with Crippen LogP contribution < -0.4 is 4.74 Å². The van der Waals surface area contributed by atoms with E-state index >= 15 is 0 Å². The van der Waals surface area contributed by atoms with Gasteiger partial charge in [0.25, 0.3) is 0 Å². The number of methoxy groups -OCH3 is 1. The van der Waals surface area contributed by atoms with Crippen LogP contribution in [0.2, 0.25) is 0 Å². The molecule has 0 fully saturated rings. The van der Waals surface area contributed by atoms with E-state index in [0.717, 1.165) is 21.8 Å². The first kappa shape index (κ1) is 18.9. The summed E-state index contributed by atoms with van der Waals surface area (Å²) in [5.74, 6) is -0.159. The number of thiol groups is 1. The molecule has 0 saturated carbocycles. The Morgan fingerprint density at radius 1 is 1.35 bits per heavy atom.